The van der Waals surface area contributed by atoms with Crippen molar-refractivity contribution in [3.05, 3.63) is 11.6 Å². The SMILES string of the molecule is CCCCC1OC(=O)C2=CC(=O)CCC21O. The summed E-state index contributed by atoms with van der Waals surface area (Å²) in [4.78, 5) is 22.7. The predicted octanol–water partition coefficient (Wildman–Crippen LogP) is 1.12. The average molecular weight is 224 g/mol. The highest BCUT2D eigenvalue weighted by molar-refractivity contribution is 6.04. The summed E-state index contributed by atoms with van der Waals surface area (Å²) in [5.74, 6) is -0.635. The molecule has 0 aromatic rings. The largest absolute Gasteiger partial charge is 0.455 e. The number of ketones is 1. The molecule has 1 heterocycles. The van der Waals surface area contributed by atoms with Gasteiger partial charge in [0.1, 0.15) is 11.7 Å². The third-order valence-corrected chi connectivity index (χ3v) is 3.35. The van der Waals surface area contributed by atoms with Gasteiger partial charge in [0.05, 0.1) is 5.57 Å². The van der Waals surface area contributed by atoms with Gasteiger partial charge in [-0.3, -0.25) is 4.79 Å². The minimum atomic E-state index is -1.22. The highest BCUT2D eigenvalue weighted by atomic mass is 16.6. The van der Waals surface area contributed by atoms with Crippen molar-refractivity contribution in [2.45, 2.75) is 50.7 Å². The zero-order valence-electron chi connectivity index (χ0n) is 9.36. The first-order valence-corrected chi connectivity index (χ1v) is 5.76. The number of carbonyl (C=O) groups is 2. The highest BCUT2D eigenvalue weighted by Crippen LogP contribution is 2.40. The van der Waals surface area contributed by atoms with Crippen molar-refractivity contribution in [3.63, 3.8) is 0 Å². The smallest absolute Gasteiger partial charge is 0.337 e. The Morgan fingerprint density at radius 3 is 3.00 bits per heavy atom. The molecule has 0 radical (unpaired) electrons. The molecule has 16 heavy (non-hydrogen) atoms. The van der Waals surface area contributed by atoms with Crippen molar-refractivity contribution in [3.8, 4) is 0 Å². The van der Waals surface area contributed by atoms with E-state index in [0.29, 0.717) is 19.3 Å². The molecule has 0 amide bonds. The fraction of sp³-hybridized carbons (Fsp3) is 0.667. The van der Waals surface area contributed by atoms with Crippen LogP contribution in [0.3, 0.4) is 0 Å². The summed E-state index contributed by atoms with van der Waals surface area (Å²) in [7, 11) is 0. The van der Waals surface area contributed by atoms with E-state index < -0.39 is 17.7 Å². The van der Waals surface area contributed by atoms with Gasteiger partial charge < -0.3 is 9.84 Å². The first-order valence-electron chi connectivity index (χ1n) is 5.76. The molecule has 88 valence electrons. The lowest BCUT2D eigenvalue weighted by Gasteiger charge is -2.29. The van der Waals surface area contributed by atoms with E-state index in [4.69, 9.17) is 4.74 Å². The molecule has 0 bridgehead atoms. The number of hydrogen-bond donors (Lipinski definition) is 1. The summed E-state index contributed by atoms with van der Waals surface area (Å²) in [6.07, 6.45) is 3.92. The number of ether oxygens (including phenoxy) is 1. The molecule has 1 aliphatic heterocycles. The molecule has 4 heteroatoms. The van der Waals surface area contributed by atoms with Crippen LogP contribution >= 0.6 is 0 Å². The summed E-state index contributed by atoms with van der Waals surface area (Å²) in [5.41, 5.74) is -1.06. The van der Waals surface area contributed by atoms with Gasteiger partial charge in [0.2, 0.25) is 0 Å². The third-order valence-electron chi connectivity index (χ3n) is 3.35. The second kappa shape index (κ2) is 4.01. The Balaban J connectivity index is 2.24. The number of aliphatic hydroxyl groups is 1. The Labute approximate surface area is 94.3 Å². The normalized spacial score (nSPS) is 33.4. The molecule has 2 rings (SSSR count). The van der Waals surface area contributed by atoms with Crippen molar-refractivity contribution >= 4 is 11.8 Å². The molecule has 1 aliphatic carbocycles. The predicted molar refractivity (Wildman–Crippen MR) is 56.7 cm³/mol. The van der Waals surface area contributed by atoms with Gasteiger partial charge in [-0.2, -0.15) is 0 Å². The second-order valence-electron chi connectivity index (χ2n) is 4.48. The number of carbonyl (C=O) groups excluding carboxylic acids is 2. The maximum absolute atomic E-state index is 11.5. The molecule has 2 unspecified atom stereocenters. The summed E-state index contributed by atoms with van der Waals surface area (Å²) in [5, 5.41) is 10.4. The highest BCUT2D eigenvalue weighted by Gasteiger charge is 2.53. The van der Waals surface area contributed by atoms with Crippen LogP contribution in [-0.2, 0) is 14.3 Å². The third kappa shape index (κ3) is 1.67. The van der Waals surface area contributed by atoms with Gasteiger partial charge in [0.25, 0.3) is 0 Å². The van der Waals surface area contributed by atoms with Gasteiger partial charge in [-0.05, 0) is 25.3 Å². The van der Waals surface area contributed by atoms with Gasteiger partial charge in [-0.25, -0.2) is 4.79 Å². The maximum Gasteiger partial charge on any atom is 0.337 e. The summed E-state index contributed by atoms with van der Waals surface area (Å²) in [6.45, 7) is 2.04. The fourth-order valence-electron chi connectivity index (χ4n) is 2.35. The Bertz CT molecular complexity index is 358. The fourth-order valence-corrected chi connectivity index (χ4v) is 2.35. The maximum atomic E-state index is 11.5. The van der Waals surface area contributed by atoms with Crippen LogP contribution in [0.15, 0.2) is 11.6 Å². The van der Waals surface area contributed by atoms with Gasteiger partial charge >= 0.3 is 5.97 Å². The van der Waals surface area contributed by atoms with Crippen LogP contribution in [-0.4, -0.2) is 28.6 Å². The Kier molecular flexibility index (Phi) is 2.84. The molecule has 0 aromatic heterocycles. The number of hydrogen-bond acceptors (Lipinski definition) is 4. The molecule has 0 spiro atoms. The first-order chi connectivity index (χ1) is 7.58. The molecule has 2 atom stereocenters. The van der Waals surface area contributed by atoms with E-state index in [2.05, 4.69) is 0 Å². The lowest BCUT2D eigenvalue weighted by molar-refractivity contribution is -0.141. The minimum Gasteiger partial charge on any atom is -0.455 e. The average Bonchev–Trinajstić information content (AvgIpc) is 2.50. The number of allylic oxidation sites excluding steroid dienone is 1. The molecular formula is C12H16O4. The number of fused-ring (bicyclic) bond motifs is 1. The van der Waals surface area contributed by atoms with Crippen molar-refractivity contribution < 1.29 is 19.4 Å². The van der Waals surface area contributed by atoms with Crippen molar-refractivity contribution in [2.75, 3.05) is 0 Å². The monoisotopic (exact) mass is 224 g/mol. The van der Waals surface area contributed by atoms with E-state index in [1.54, 1.807) is 0 Å². The number of unbranched alkanes of at least 4 members (excludes halogenated alkanes) is 1. The van der Waals surface area contributed by atoms with E-state index in [1.807, 2.05) is 6.92 Å². The first kappa shape index (κ1) is 11.3. The Morgan fingerprint density at radius 2 is 2.31 bits per heavy atom. The van der Waals surface area contributed by atoms with E-state index in [9.17, 15) is 14.7 Å². The van der Waals surface area contributed by atoms with Gasteiger partial charge in [0.15, 0.2) is 5.78 Å². The molecule has 1 saturated heterocycles. The van der Waals surface area contributed by atoms with Gasteiger partial charge in [-0.15, -0.1) is 0 Å². The van der Waals surface area contributed by atoms with Crippen LogP contribution in [0, 0.1) is 0 Å². The summed E-state index contributed by atoms with van der Waals surface area (Å²) >= 11 is 0. The van der Waals surface area contributed by atoms with Crippen LogP contribution < -0.4 is 0 Å². The lowest BCUT2D eigenvalue weighted by atomic mass is 9.79. The standard InChI is InChI=1S/C12H16O4/c1-2-3-4-10-12(15)6-5-8(13)7-9(12)11(14)16-10/h7,10,15H,2-6H2,1H3. The van der Waals surface area contributed by atoms with Crippen molar-refractivity contribution in [2.24, 2.45) is 0 Å². The van der Waals surface area contributed by atoms with Crippen LogP contribution in [0.4, 0.5) is 0 Å². The van der Waals surface area contributed by atoms with Crippen LogP contribution in [0.25, 0.3) is 0 Å². The van der Waals surface area contributed by atoms with Gasteiger partial charge in [0, 0.05) is 6.42 Å². The van der Waals surface area contributed by atoms with Gasteiger partial charge in [-0.1, -0.05) is 13.3 Å². The van der Waals surface area contributed by atoms with Crippen molar-refractivity contribution in [1.29, 1.82) is 0 Å². The van der Waals surface area contributed by atoms with Crippen LogP contribution in [0.5, 0.6) is 0 Å². The van der Waals surface area contributed by atoms with E-state index >= 15 is 0 Å². The number of cyclic esters (lactones) is 1. The molecular weight excluding hydrogens is 208 g/mol. The van der Waals surface area contributed by atoms with E-state index in [-0.39, 0.29) is 11.4 Å². The Hall–Kier alpha value is -1.16. The topological polar surface area (TPSA) is 63.6 Å². The lowest BCUT2D eigenvalue weighted by Crippen LogP contribution is -2.42. The number of esters is 1. The second-order valence-corrected chi connectivity index (χ2v) is 4.48. The quantitative estimate of drug-likeness (QED) is 0.730. The molecule has 0 saturated carbocycles. The summed E-state index contributed by atoms with van der Waals surface area (Å²) < 4.78 is 5.15. The molecule has 0 aromatic carbocycles. The molecule has 2 aliphatic rings. The van der Waals surface area contributed by atoms with Crippen LogP contribution in [0.1, 0.15) is 39.0 Å². The van der Waals surface area contributed by atoms with Crippen LogP contribution in [0.2, 0.25) is 0 Å². The van der Waals surface area contributed by atoms with Crippen molar-refractivity contribution in [1.82, 2.24) is 0 Å². The Morgan fingerprint density at radius 1 is 1.56 bits per heavy atom. The summed E-state index contributed by atoms with van der Waals surface area (Å²) in [6, 6.07) is 0. The zero-order valence-corrected chi connectivity index (χ0v) is 9.36. The zero-order chi connectivity index (χ0) is 11.8. The molecule has 1 N–H and O–H groups in total. The molecule has 1 fully saturated rings. The minimum absolute atomic E-state index is 0.104. The van der Waals surface area contributed by atoms with E-state index in [0.717, 1.165) is 12.8 Å². The number of rotatable bonds is 3. The molecule has 4 nitrogen and oxygen atoms in total. The van der Waals surface area contributed by atoms with E-state index in [1.165, 1.54) is 6.08 Å².